The zero-order valence-electron chi connectivity index (χ0n) is 11.4. The first-order chi connectivity index (χ1) is 7.58. The van der Waals surface area contributed by atoms with E-state index in [9.17, 15) is 0 Å². The Morgan fingerprint density at radius 1 is 1.31 bits per heavy atom. The summed E-state index contributed by atoms with van der Waals surface area (Å²) in [6, 6.07) is 1.56. The first-order valence-corrected chi connectivity index (χ1v) is 7.01. The van der Waals surface area contributed by atoms with Gasteiger partial charge in [0.15, 0.2) is 0 Å². The van der Waals surface area contributed by atoms with Crippen LogP contribution in [0.15, 0.2) is 0 Å². The van der Waals surface area contributed by atoms with Gasteiger partial charge in [0.2, 0.25) is 0 Å². The molecule has 0 aliphatic heterocycles. The molecule has 2 heteroatoms. The van der Waals surface area contributed by atoms with Gasteiger partial charge in [0.25, 0.3) is 0 Å². The Balaban J connectivity index is 1.64. The number of nitrogens with one attached hydrogen (secondary N) is 1. The molecule has 2 saturated carbocycles. The number of nitrogens with zero attached hydrogens (tertiary/aromatic N) is 1. The molecule has 4 atom stereocenters. The Bertz CT molecular complexity index is 225. The minimum absolute atomic E-state index is 0.707. The van der Waals surface area contributed by atoms with E-state index in [1.807, 2.05) is 0 Å². The van der Waals surface area contributed by atoms with Crippen LogP contribution >= 0.6 is 0 Å². The molecule has 1 N–H and O–H groups in total. The second kappa shape index (κ2) is 5.05. The molecule has 4 unspecified atom stereocenters. The molecule has 2 nitrogen and oxygen atoms in total. The molecule has 0 amide bonds. The van der Waals surface area contributed by atoms with Crippen LogP contribution in [0.4, 0.5) is 0 Å². The first-order valence-electron chi connectivity index (χ1n) is 7.01. The average molecular weight is 224 g/mol. The van der Waals surface area contributed by atoms with E-state index in [4.69, 9.17) is 0 Å². The monoisotopic (exact) mass is 224 g/mol. The summed E-state index contributed by atoms with van der Waals surface area (Å²) >= 11 is 0. The largest absolute Gasteiger partial charge is 0.314 e. The van der Waals surface area contributed by atoms with Crippen LogP contribution in [0.2, 0.25) is 0 Å². The van der Waals surface area contributed by atoms with Crippen molar-refractivity contribution in [3.63, 3.8) is 0 Å². The molecule has 2 rings (SSSR count). The number of rotatable bonds is 7. The van der Waals surface area contributed by atoms with Gasteiger partial charge in [0.1, 0.15) is 0 Å². The van der Waals surface area contributed by atoms with Gasteiger partial charge in [-0.3, -0.25) is 0 Å². The van der Waals surface area contributed by atoms with Crippen molar-refractivity contribution in [2.75, 3.05) is 20.1 Å². The van der Waals surface area contributed by atoms with Gasteiger partial charge in [-0.2, -0.15) is 0 Å². The molecule has 94 valence electrons. The maximum Gasteiger partial charge on any atom is 0.0102 e. The Morgan fingerprint density at radius 2 is 1.94 bits per heavy atom. The van der Waals surface area contributed by atoms with Crippen molar-refractivity contribution in [2.24, 2.45) is 17.8 Å². The Kier molecular flexibility index (Phi) is 3.91. The second-order valence-electron chi connectivity index (χ2n) is 6.31. The molecule has 16 heavy (non-hydrogen) atoms. The first kappa shape index (κ1) is 12.4. The standard InChI is InChI=1S/C14H28N2/c1-10-7-13(10)9-16(4)12(3)11(2)8-15-14-5-6-14/h10-15H,5-9H2,1-4H3. The van der Waals surface area contributed by atoms with Gasteiger partial charge in [-0.05, 0) is 57.5 Å². The molecular formula is C14H28N2. The molecule has 2 fully saturated rings. The van der Waals surface area contributed by atoms with Crippen LogP contribution in [0.1, 0.15) is 40.0 Å². The third kappa shape index (κ3) is 3.46. The Labute approximate surface area is 101 Å². The fourth-order valence-corrected chi connectivity index (χ4v) is 2.43. The lowest BCUT2D eigenvalue weighted by molar-refractivity contribution is 0.186. The summed E-state index contributed by atoms with van der Waals surface area (Å²) in [7, 11) is 2.29. The van der Waals surface area contributed by atoms with Crippen molar-refractivity contribution in [2.45, 2.75) is 52.1 Å². The lowest BCUT2D eigenvalue weighted by Crippen LogP contribution is -2.40. The van der Waals surface area contributed by atoms with Crippen molar-refractivity contribution in [1.82, 2.24) is 10.2 Å². The smallest absolute Gasteiger partial charge is 0.0102 e. The van der Waals surface area contributed by atoms with Crippen LogP contribution in [0.5, 0.6) is 0 Å². The van der Waals surface area contributed by atoms with E-state index in [2.05, 4.69) is 38.0 Å². The van der Waals surface area contributed by atoms with Crippen molar-refractivity contribution in [3.05, 3.63) is 0 Å². The van der Waals surface area contributed by atoms with E-state index in [1.165, 1.54) is 32.4 Å². The van der Waals surface area contributed by atoms with Crippen LogP contribution in [-0.2, 0) is 0 Å². The summed E-state index contributed by atoms with van der Waals surface area (Å²) in [6.45, 7) is 9.63. The molecule has 0 heterocycles. The van der Waals surface area contributed by atoms with Gasteiger partial charge in [0.05, 0.1) is 0 Å². The van der Waals surface area contributed by atoms with Gasteiger partial charge in [-0.25, -0.2) is 0 Å². The van der Waals surface area contributed by atoms with Crippen LogP contribution in [0.25, 0.3) is 0 Å². The van der Waals surface area contributed by atoms with Crippen molar-refractivity contribution < 1.29 is 0 Å². The number of hydrogen-bond donors (Lipinski definition) is 1. The van der Waals surface area contributed by atoms with Crippen LogP contribution in [-0.4, -0.2) is 37.1 Å². The topological polar surface area (TPSA) is 15.3 Å². The molecule has 2 aliphatic rings. The van der Waals surface area contributed by atoms with Gasteiger partial charge < -0.3 is 10.2 Å². The molecule has 0 aromatic carbocycles. The van der Waals surface area contributed by atoms with E-state index < -0.39 is 0 Å². The van der Waals surface area contributed by atoms with E-state index in [1.54, 1.807) is 0 Å². The summed E-state index contributed by atoms with van der Waals surface area (Å²) in [6.07, 6.45) is 4.25. The maximum atomic E-state index is 3.64. The summed E-state index contributed by atoms with van der Waals surface area (Å²) in [5.41, 5.74) is 0. The highest BCUT2D eigenvalue weighted by molar-refractivity contribution is 4.87. The second-order valence-corrected chi connectivity index (χ2v) is 6.31. The van der Waals surface area contributed by atoms with E-state index in [0.717, 1.165) is 23.8 Å². The fourth-order valence-electron chi connectivity index (χ4n) is 2.43. The summed E-state index contributed by atoms with van der Waals surface area (Å²) in [5.74, 6) is 2.73. The lowest BCUT2D eigenvalue weighted by atomic mass is 10.0. The normalized spacial score (nSPS) is 32.8. The summed E-state index contributed by atoms with van der Waals surface area (Å²) < 4.78 is 0. The molecule has 0 aromatic rings. The molecule has 0 saturated heterocycles. The van der Waals surface area contributed by atoms with Crippen molar-refractivity contribution in [1.29, 1.82) is 0 Å². The van der Waals surface area contributed by atoms with Crippen molar-refractivity contribution >= 4 is 0 Å². The minimum atomic E-state index is 0.707. The Hall–Kier alpha value is -0.0800. The third-order valence-electron chi connectivity index (χ3n) is 4.62. The fraction of sp³-hybridized carbons (Fsp3) is 1.00. The van der Waals surface area contributed by atoms with Crippen molar-refractivity contribution in [3.8, 4) is 0 Å². The highest BCUT2D eigenvalue weighted by atomic mass is 15.1. The Morgan fingerprint density at radius 3 is 2.44 bits per heavy atom. The minimum Gasteiger partial charge on any atom is -0.314 e. The predicted molar refractivity (Wildman–Crippen MR) is 69.6 cm³/mol. The van der Waals surface area contributed by atoms with E-state index in [0.29, 0.717) is 6.04 Å². The average Bonchev–Trinajstić information content (AvgIpc) is 3.13. The van der Waals surface area contributed by atoms with E-state index in [-0.39, 0.29) is 0 Å². The molecular weight excluding hydrogens is 196 g/mol. The SMILES string of the molecule is CC1CC1CN(C)C(C)C(C)CNC1CC1. The van der Waals surface area contributed by atoms with Gasteiger partial charge in [0, 0.05) is 18.6 Å². The summed E-state index contributed by atoms with van der Waals surface area (Å²) in [4.78, 5) is 2.56. The van der Waals surface area contributed by atoms with Crippen LogP contribution in [0.3, 0.4) is 0 Å². The van der Waals surface area contributed by atoms with Crippen LogP contribution in [0, 0.1) is 17.8 Å². The molecule has 0 bridgehead atoms. The van der Waals surface area contributed by atoms with Crippen LogP contribution < -0.4 is 5.32 Å². The highest BCUT2D eigenvalue weighted by Gasteiger charge is 2.34. The molecule has 0 radical (unpaired) electrons. The zero-order chi connectivity index (χ0) is 11.7. The van der Waals surface area contributed by atoms with Gasteiger partial charge in [-0.15, -0.1) is 0 Å². The molecule has 2 aliphatic carbocycles. The third-order valence-corrected chi connectivity index (χ3v) is 4.62. The zero-order valence-corrected chi connectivity index (χ0v) is 11.4. The molecule has 0 spiro atoms. The van der Waals surface area contributed by atoms with Gasteiger partial charge >= 0.3 is 0 Å². The quantitative estimate of drug-likeness (QED) is 0.714. The van der Waals surface area contributed by atoms with E-state index >= 15 is 0 Å². The lowest BCUT2D eigenvalue weighted by Gasteiger charge is -2.30. The van der Waals surface area contributed by atoms with Gasteiger partial charge in [-0.1, -0.05) is 13.8 Å². The molecule has 0 aromatic heterocycles. The highest BCUT2D eigenvalue weighted by Crippen LogP contribution is 2.38. The number of hydrogen-bond acceptors (Lipinski definition) is 2. The summed E-state index contributed by atoms with van der Waals surface area (Å²) in [5, 5.41) is 3.64. The predicted octanol–water partition coefficient (Wildman–Crippen LogP) is 2.35. The maximum absolute atomic E-state index is 3.64.